The van der Waals surface area contributed by atoms with Gasteiger partial charge in [-0.3, -0.25) is 9.89 Å². The van der Waals surface area contributed by atoms with Gasteiger partial charge in [0, 0.05) is 18.3 Å². The number of allylic oxidation sites excluding steroid dienone is 2. The molecule has 28 heavy (non-hydrogen) atoms. The summed E-state index contributed by atoms with van der Waals surface area (Å²) < 4.78 is 31.2. The summed E-state index contributed by atoms with van der Waals surface area (Å²) in [4.78, 5) is 10.2. The van der Waals surface area contributed by atoms with E-state index in [1.54, 1.807) is 0 Å². The van der Waals surface area contributed by atoms with Crippen LogP contribution in [0.3, 0.4) is 0 Å². The van der Waals surface area contributed by atoms with E-state index < -0.39 is 6.43 Å². The predicted octanol–water partition coefficient (Wildman–Crippen LogP) is 4.13. The second-order valence-electron chi connectivity index (χ2n) is 6.99. The van der Waals surface area contributed by atoms with Crippen LogP contribution >= 0.6 is 11.6 Å². The van der Waals surface area contributed by atoms with Crippen LogP contribution in [0.5, 0.6) is 0 Å². The maximum absolute atomic E-state index is 13.0. The molecule has 0 atom stereocenters. The molecule has 0 amide bonds. The fourth-order valence-corrected chi connectivity index (χ4v) is 3.73. The Morgan fingerprint density at radius 2 is 2.14 bits per heavy atom. The second kappa shape index (κ2) is 10.1. The van der Waals surface area contributed by atoms with Crippen molar-refractivity contribution in [1.82, 2.24) is 9.88 Å². The van der Waals surface area contributed by atoms with Crippen LogP contribution in [-0.2, 0) is 4.74 Å². The highest BCUT2D eigenvalue weighted by Gasteiger charge is 2.30. The number of hydrogen-bond donors (Lipinski definition) is 1. The molecule has 3 heterocycles. The van der Waals surface area contributed by atoms with Crippen LogP contribution < -0.4 is 5.32 Å². The first kappa shape index (κ1) is 20.9. The van der Waals surface area contributed by atoms with Crippen molar-refractivity contribution in [3.63, 3.8) is 0 Å². The predicted molar refractivity (Wildman–Crippen MR) is 109 cm³/mol. The molecule has 0 bridgehead atoms. The van der Waals surface area contributed by atoms with Crippen LogP contribution in [0.2, 0.25) is 5.15 Å². The molecule has 2 fully saturated rings. The van der Waals surface area contributed by atoms with E-state index in [0.29, 0.717) is 22.9 Å². The van der Waals surface area contributed by atoms with Gasteiger partial charge in [-0.2, -0.15) is 0 Å². The summed E-state index contributed by atoms with van der Waals surface area (Å²) in [6.07, 6.45) is 3.45. The van der Waals surface area contributed by atoms with Gasteiger partial charge in [-0.1, -0.05) is 17.7 Å². The largest absolute Gasteiger partial charge is 0.378 e. The molecule has 1 aromatic rings. The Morgan fingerprint density at radius 1 is 1.39 bits per heavy atom. The number of halogens is 3. The summed E-state index contributed by atoms with van der Waals surface area (Å²) >= 11 is 6.20. The number of hydrogen-bond acceptors (Lipinski definition) is 5. The van der Waals surface area contributed by atoms with Crippen LogP contribution in [0.1, 0.15) is 24.3 Å². The number of likely N-dealkylation sites (tertiary alicyclic amines) is 1. The Morgan fingerprint density at radius 3 is 2.75 bits per heavy atom. The lowest BCUT2D eigenvalue weighted by Gasteiger charge is -2.41. The normalized spacial score (nSPS) is 19.9. The van der Waals surface area contributed by atoms with Crippen molar-refractivity contribution in [3.05, 3.63) is 46.8 Å². The topological polar surface area (TPSA) is 49.8 Å². The third-order valence-electron chi connectivity index (χ3n) is 5.20. The number of anilines is 1. The third-order valence-corrected chi connectivity index (χ3v) is 5.39. The molecular weight excluding hydrogens is 386 g/mol. The molecule has 2 aliphatic rings. The monoisotopic (exact) mass is 410 g/mol. The molecule has 0 saturated carbocycles. The molecule has 8 heteroatoms. The van der Waals surface area contributed by atoms with E-state index in [4.69, 9.17) is 16.3 Å². The highest BCUT2D eigenvalue weighted by molar-refractivity contribution is 6.29. The molecule has 2 aliphatic heterocycles. The number of ether oxygens (including phenoxy) is 1. The summed E-state index contributed by atoms with van der Waals surface area (Å²) in [5, 5.41) is 3.47. The van der Waals surface area contributed by atoms with E-state index in [9.17, 15) is 8.78 Å². The number of aromatic nitrogens is 1. The number of alkyl halides is 2. The molecule has 0 radical (unpaired) electrons. The molecule has 1 aromatic heterocycles. The summed E-state index contributed by atoms with van der Waals surface area (Å²) in [6.45, 7) is 7.24. The Bertz CT molecular complexity index is 729. The Hall–Kier alpha value is -1.83. The van der Waals surface area contributed by atoms with Gasteiger partial charge in [0.15, 0.2) is 0 Å². The van der Waals surface area contributed by atoms with Gasteiger partial charge >= 0.3 is 0 Å². The van der Waals surface area contributed by atoms with E-state index in [2.05, 4.69) is 26.9 Å². The molecule has 1 N–H and O–H groups in total. The summed E-state index contributed by atoms with van der Waals surface area (Å²) in [7, 11) is 0. The summed E-state index contributed by atoms with van der Waals surface area (Å²) in [5.41, 5.74) is 1.02. The standard InChI is InChI=1S/C20H25ClF2N4O/c1-24-6-2-15(20(22)23)3-7-25-19-11-16(10-18(21)26-19)14-4-8-27(9-5-14)17-12-28-13-17/h2-3,6,10-11,14,17,20H,1,4-5,7-9,12-13H2,(H,25,26). The summed E-state index contributed by atoms with van der Waals surface area (Å²) in [5.74, 6) is 1.01. The molecule has 5 nitrogen and oxygen atoms in total. The first-order chi connectivity index (χ1) is 13.6. The Labute approximate surface area is 169 Å². The zero-order valence-corrected chi connectivity index (χ0v) is 16.4. The van der Waals surface area contributed by atoms with Crippen molar-refractivity contribution in [2.45, 2.75) is 31.2 Å². The average Bonchev–Trinajstić information content (AvgIpc) is 2.63. The van der Waals surface area contributed by atoms with E-state index >= 15 is 0 Å². The summed E-state index contributed by atoms with van der Waals surface area (Å²) in [6, 6.07) is 4.44. The number of aliphatic imine (C=N–C) groups is 1. The van der Waals surface area contributed by atoms with Crippen LogP contribution in [0.15, 0.2) is 41.1 Å². The molecule has 152 valence electrons. The zero-order valence-electron chi connectivity index (χ0n) is 15.7. The Kier molecular flexibility index (Phi) is 7.53. The average molecular weight is 411 g/mol. The van der Waals surface area contributed by atoms with Crippen molar-refractivity contribution in [3.8, 4) is 0 Å². The number of piperidine rings is 1. The molecule has 0 aromatic carbocycles. The minimum Gasteiger partial charge on any atom is -0.378 e. The molecule has 0 spiro atoms. The maximum Gasteiger partial charge on any atom is 0.263 e. The van der Waals surface area contributed by atoms with Gasteiger partial charge in [-0.05, 0) is 62.3 Å². The quantitative estimate of drug-likeness (QED) is 0.397. The first-order valence-electron chi connectivity index (χ1n) is 9.40. The fraction of sp³-hybridized carbons (Fsp3) is 0.500. The van der Waals surface area contributed by atoms with Gasteiger partial charge in [-0.15, -0.1) is 0 Å². The van der Waals surface area contributed by atoms with Crippen molar-refractivity contribution in [2.75, 3.05) is 38.2 Å². The molecular formula is C20H25ClF2N4O. The van der Waals surface area contributed by atoms with E-state index in [1.165, 1.54) is 18.4 Å². The van der Waals surface area contributed by atoms with Crippen molar-refractivity contribution in [2.24, 2.45) is 4.99 Å². The molecule has 2 saturated heterocycles. The van der Waals surface area contributed by atoms with Gasteiger partial charge in [-0.25, -0.2) is 13.8 Å². The second-order valence-corrected chi connectivity index (χ2v) is 7.38. The van der Waals surface area contributed by atoms with Gasteiger partial charge < -0.3 is 10.1 Å². The van der Waals surface area contributed by atoms with Crippen LogP contribution in [0.25, 0.3) is 0 Å². The van der Waals surface area contributed by atoms with E-state index in [0.717, 1.165) is 44.7 Å². The van der Waals surface area contributed by atoms with Crippen molar-refractivity contribution in [1.29, 1.82) is 0 Å². The van der Waals surface area contributed by atoms with E-state index in [1.807, 2.05) is 12.1 Å². The minimum atomic E-state index is -2.58. The van der Waals surface area contributed by atoms with Crippen LogP contribution in [0.4, 0.5) is 14.6 Å². The SMILES string of the molecule is C=NC=CC(=CCNc1cc(C2CCN(C3COC3)CC2)cc(Cl)n1)C(F)F. The molecule has 0 unspecified atom stereocenters. The van der Waals surface area contributed by atoms with Gasteiger partial charge in [0.25, 0.3) is 6.43 Å². The number of rotatable bonds is 8. The van der Waals surface area contributed by atoms with Gasteiger partial charge in [0.2, 0.25) is 0 Å². The van der Waals surface area contributed by atoms with Crippen LogP contribution in [-0.4, -0.2) is 61.9 Å². The number of pyridine rings is 1. The van der Waals surface area contributed by atoms with Gasteiger partial charge in [0.1, 0.15) is 11.0 Å². The number of nitrogens with zero attached hydrogens (tertiary/aromatic N) is 3. The van der Waals surface area contributed by atoms with Gasteiger partial charge in [0.05, 0.1) is 19.3 Å². The zero-order chi connectivity index (χ0) is 19.9. The highest BCUT2D eigenvalue weighted by Crippen LogP contribution is 2.32. The Balaban J connectivity index is 1.60. The highest BCUT2D eigenvalue weighted by atomic mass is 35.5. The minimum absolute atomic E-state index is 0.116. The number of nitrogens with one attached hydrogen (secondary N) is 1. The third kappa shape index (κ3) is 5.59. The molecule has 3 rings (SSSR count). The maximum atomic E-state index is 13.0. The molecule has 0 aliphatic carbocycles. The first-order valence-corrected chi connectivity index (χ1v) is 9.78. The lowest BCUT2D eigenvalue weighted by Crippen LogP contribution is -2.51. The van der Waals surface area contributed by atoms with Crippen molar-refractivity contribution >= 4 is 24.1 Å². The van der Waals surface area contributed by atoms with E-state index in [-0.39, 0.29) is 12.1 Å². The van der Waals surface area contributed by atoms with Crippen LogP contribution in [0, 0.1) is 0 Å². The fourth-order valence-electron chi connectivity index (χ4n) is 3.52. The smallest absolute Gasteiger partial charge is 0.263 e. The van der Waals surface area contributed by atoms with Crippen molar-refractivity contribution < 1.29 is 13.5 Å². The lowest BCUT2D eigenvalue weighted by atomic mass is 9.89. The lowest BCUT2D eigenvalue weighted by molar-refractivity contribution is -0.0712.